The zero-order valence-electron chi connectivity index (χ0n) is 9.60. The Morgan fingerprint density at radius 2 is 1.94 bits per heavy atom. The van der Waals surface area contributed by atoms with Gasteiger partial charge in [0.2, 0.25) is 0 Å². The van der Waals surface area contributed by atoms with Gasteiger partial charge in [0.25, 0.3) is 0 Å². The summed E-state index contributed by atoms with van der Waals surface area (Å²) < 4.78 is 1.70. The molecular weight excluding hydrogens is 226 g/mol. The van der Waals surface area contributed by atoms with Crippen LogP contribution in [0.1, 0.15) is 11.6 Å². The molecule has 1 aromatic carbocycles. The minimum atomic E-state index is -0.409. The number of rotatable bonds is 3. The van der Waals surface area contributed by atoms with E-state index in [0.717, 1.165) is 22.9 Å². The molecule has 4 heteroatoms. The molecule has 88 valence electrons. The highest BCUT2D eigenvalue weighted by atomic mass is 16.1. The largest absolute Gasteiger partial charge is 0.301 e. The van der Waals surface area contributed by atoms with E-state index in [0.29, 0.717) is 0 Å². The second kappa shape index (κ2) is 4.41. The van der Waals surface area contributed by atoms with E-state index in [-0.39, 0.29) is 0 Å². The van der Waals surface area contributed by atoms with Gasteiger partial charge in [-0.3, -0.25) is 4.98 Å². The molecule has 18 heavy (non-hydrogen) atoms. The zero-order chi connectivity index (χ0) is 12.4. The zero-order valence-corrected chi connectivity index (χ0v) is 9.60. The Morgan fingerprint density at radius 3 is 2.72 bits per heavy atom. The summed E-state index contributed by atoms with van der Waals surface area (Å²) in [4.78, 5) is 15.6. The number of benzene rings is 1. The molecule has 0 saturated carbocycles. The molecule has 2 aromatic heterocycles. The van der Waals surface area contributed by atoms with Crippen molar-refractivity contribution in [2.24, 2.45) is 0 Å². The van der Waals surface area contributed by atoms with E-state index in [1.54, 1.807) is 17.1 Å². The highest BCUT2D eigenvalue weighted by Crippen LogP contribution is 2.20. The van der Waals surface area contributed by atoms with E-state index in [1.165, 1.54) is 0 Å². The number of hydrogen-bond donors (Lipinski definition) is 0. The van der Waals surface area contributed by atoms with Crippen molar-refractivity contribution in [3.8, 4) is 0 Å². The first kappa shape index (κ1) is 10.7. The van der Waals surface area contributed by atoms with E-state index >= 15 is 0 Å². The van der Waals surface area contributed by atoms with Crippen LogP contribution in [0.5, 0.6) is 0 Å². The molecule has 0 bridgehead atoms. The van der Waals surface area contributed by atoms with Crippen molar-refractivity contribution in [2.45, 2.75) is 6.04 Å². The van der Waals surface area contributed by atoms with E-state index < -0.39 is 6.04 Å². The molecule has 0 aliphatic heterocycles. The molecule has 3 aromatic rings. The van der Waals surface area contributed by atoms with Crippen molar-refractivity contribution in [1.29, 1.82) is 0 Å². The fraction of sp³-hybridized carbons (Fsp3) is 0.0714. The normalized spacial score (nSPS) is 12.4. The molecule has 3 rings (SSSR count). The third-order valence-electron chi connectivity index (χ3n) is 2.90. The molecule has 1 atom stereocenters. The predicted molar refractivity (Wildman–Crippen MR) is 68.2 cm³/mol. The lowest BCUT2D eigenvalue weighted by atomic mass is 10.1. The summed E-state index contributed by atoms with van der Waals surface area (Å²) in [6, 6.07) is 12.9. The third-order valence-corrected chi connectivity index (χ3v) is 2.90. The Kier molecular flexibility index (Phi) is 2.61. The smallest absolute Gasteiger partial charge is 0.149 e. The maximum atomic E-state index is 11.4. The van der Waals surface area contributed by atoms with Crippen LogP contribution in [0.3, 0.4) is 0 Å². The van der Waals surface area contributed by atoms with Crippen LogP contribution in [0.15, 0.2) is 54.9 Å². The Labute approximate surface area is 104 Å². The van der Waals surface area contributed by atoms with Crippen molar-refractivity contribution in [3.63, 3.8) is 0 Å². The molecule has 0 spiro atoms. The SMILES string of the molecule is O=CC(c1ccccc1)n1ncc2ncccc21. The quantitative estimate of drug-likeness (QED) is 0.656. The summed E-state index contributed by atoms with van der Waals surface area (Å²) in [5.74, 6) is 0. The number of pyridine rings is 1. The fourth-order valence-corrected chi connectivity index (χ4v) is 2.03. The van der Waals surface area contributed by atoms with Gasteiger partial charge in [-0.05, 0) is 17.7 Å². The Bertz CT molecular complexity index is 676. The first-order valence-corrected chi connectivity index (χ1v) is 5.68. The van der Waals surface area contributed by atoms with Gasteiger partial charge in [-0.25, -0.2) is 4.68 Å². The molecule has 1 unspecified atom stereocenters. The molecule has 0 amide bonds. The summed E-state index contributed by atoms with van der Waals surface area (Å²) in [7, 11) is 0. The van der Waals surface area contributed by atoms with Crippen LogP contribution in [-0.4, -0.2) is 21.1 Å². The lowest BCUT2D eigenvalue weighted by Crippen LogP contribution is -2.13. The molecular formula is C14H11N3O. The van der Waals surface area contributed by atoms with Gasteiger partial charge in [-0.15, -0.1) is 0 Å². The van der Waals surface area contributed by atoms with Crippen molar-refractivity contribution in [3.05, 3.63) is 60.4 Å². The molecule has 0 aliphatic carbocycles. The number of carbonyl (C=O) groups excluding carboxylic acids is 1. The fourth-order valence-electron chi connectivity index (χ4n) is 2.03. The number of hydrogen-bond acceptors (Lipinski definition) is 3. The van der Waals surface area contributed by atoms with Crippen LogP contribution < -0.4 is 0 Å². The number of aldehydes is 1. The van der Waals surface area contributed by atoms with Gasteiger partial charge >= 0.3 is 0 Å². The van der Waals surface area contributed by atoms with Crippen molar-refractivity contribution in [1.82, 2.24) is 14.8 Å². The van der Waals surface area contributed by atoms with Crippen LogP contribution in [0.2, 0.25) is 0 Å². The Hall–Kier alpha value is -2.49. The number of aromatic nitrogens is 3. The average molecular weight is 237 g/mol. The molecule has 0 fully saturated rings. The third kappa shape index (κ3) is 1.68. The molecule has 4 nitrogen and oxygen atoms in total. The van der Waals surface area contributed by atoms with E-state index in [4.69, 9.17) is 0 Å². The van der Waals surface area contributed by atoms with E-state index in [2.05, 4.69) is 10.1 Å². The standard InChI is InChI=1S/C14H11N3O/c18-10-14(11-5-2-1-3-6-11)17-13-7-4-8-15-12(13)9-16-17/h1-10,14H. The van der Waals surface area contributed by atoms with E-state index in [9.17, 15) is 4.79 Å². The number of fused-ring (bicyclic) bond motifs is 1. The van der Waals surface area contributed by atoms with Gasteiger partial charge in [0, 0.05) is 6.20 Å². The van der Waals surface area contributed by atoms with Crippen LogP contribution in [0.25, 0.3) is 11.0 Å². The Balaban J connectivity index is 2.15. The summed E-state index contributed by atoms with van der Waals surface area (Å²) >= 11 is 0. The highest BCUT2D eigenvalue weighted by molar-refractivity contribution is 5.76. The van der Waals surface area contributed by atoms with Crippen LogP contribution in [0, 0.1) is 0 Å². The maximum Gasteiger partial charge on any atom is 0.149 e. The average Bonchev–Trinajstić information content (AvgIpc) is 2.85. The predicted octanol–water partition coefficient (Wildman–Crippen LogP) is 2.22. The molecule has 2 heterocycles. The Morgan fingerprint density at radius 1 is 1.11 bits per heavy atom. The van der Waals surface area contributed by atoms with Crippen molar-refractivity contribution in [2.75, 3.05) is 0 Å². The lowest BCUT2D eigenvalue weighted by molar-refractivity contribution is -0.109. The van der Waals surface area contributed by atoms with Crippen molar-refractivity contribution < 1.29 is 4.79 Å². The lowest BCUT2D eigenvalue weighted by Gasteiger charge is -2.12. The second-order valence-electron chi connectivity index (χ2n) is 3.99. The summed E-state index contributed by atoms with van der Waals surface area (Å²) in [5, 5.41) is 4.27. The topological polar surface area (TPSA) is 47.8 Å². The van der Waals surface area contributed by atoms with Gasteiger partial charge in [0.05, 0.1) is 11.7 Å². The molecule has 0 saturated heterocycles. The van der Waals surface area contributed by atoms with Crippen molar-refractivity contribution >= 4 is 17.3 Å². The maximum absolute atomic E-state index is 11.4. The molecule has 0 N–H and O–H groups in total. The summed E-state index contributed by atoms with van der Waals surface area (Å²) in [5.41, 5.74) is 2.57. The van der Waals surface area contributed by atoms with Crippen LogP contribution in [-0.2, 0) is 4.79 Å². The van der Waals surface area contributed by atoms with Gasteiger partial charge in [-0.1, -0.05) is 30.3 Å². The first-order valence-electron chi connectivity index (χ1n) is 5.68. The minimum Gasteiger partial charge on any atom is -0.301 e. The minimum absolute atomic E-state index is 0.409. The van der Waals surface area contributed by atoms with Crippen LogP contribution >= 0.6 is 0 Å². The van der Waals surface area contributed by atoms with Gasteiger partial charge < -0.3 is 4.79 Å². The monoisotopic (exact) mass is 237 g/mol. The summed E-state index contributed by atoms with van der Waals surface area (Å²) in [6.45, 7) is 0. The molecule has 0 aliphatic rings. The van der Waals surface area contributed by atoms with Gasteiger partial charge in [0.1, 0.15) is 17.8 Å². The first-order chi connectivity index (χ1) is 8.90. The number of carbonyl (C=O) groups is 1. The molecule has 0 radical (unpaired) electrons. The summed E-state index contributed by atoms with van der Waals surface area (Å²) in [6.07, 6.45) is 4.29. The van der Waals surface area contributed by atoms with Gasteiger partial charge in [-0.2, -0.15) is 5.10 Å². The second-order valence-corrected chi connectivity index (χ2v) is 3.99. The van der Waals surface area contributed by atoms with Gasteiger partial charge in [0.15, 0.2) is 0 Å². The number of nitrogens with zero attached hydrogens (tertiary/aromatic N) is 3. The highest BCUT2D eigenvalue weighted by Gasteiger charge is 2.15. The van der Waals surface area contributed by atoms with Crippen LogP contribution in [0.4, 0.5) is 0 Å². The van der Waals surface area contributed by atoms with E-state index in [1.807, 2.05) is 42.5 Å².